The van der Waals surface area contributed by atoms with Crippen LogP contribution in [0.5, 0.6) is 0 Å². The van der Waals surface area contributed by atoms with Gasteiger partial charge >= 0.3 is 0 Å². The monoisotopic (exact) mass is 273 g/mol. The van der Waals surface area contributed by atoms with Gasteiger partial charge in [-0.25, -0.2) is 4.39 Å². The first-order chi connectivity index (χ1) is 8.38. The first kappa shape index (κ1) is 12.7. The number of imide groups is 1. The van der Waals surface area contributed by atoms with Gasteiger partial charge in [-0.1, -0.05) is 0 Å². The highest BCUT2D eigenvalue weighted by Gasteiger charge is 2.35. The molecule has 1 fully saturated rings. The highest BCUT2D eigenvalue weighted by molar-refractivity contribution is 7.86. The Balaban J connectivity index is 2.20. The Kier molecular flexibility index (Phi) is 3.14. The summed E-state index contributed by atoms with van der Waals surface area (Å²) in [5.74, 6) is -1.99. The number of carbonyl (C=O) groups excluding carboxylic acids is 2. The second-order valence-corrected chi connectivity index (χ2v) is 5.18. The molecule has 1 aliphatic rings. The minimum atomic E-state index is -4.20. The number of benzene rings is 1. The van der Waals surface area contributed by atoms with Gasteiger partial charge in [0, 0.05) is 0 Å². The first-order valence-electron chi connectivity index (χ1n) is 4.91. The zero-order valence-corrected chi connectivity index (χ0v) is 9.74. The highest BCUT2D eigenvalue weighted by Crippen LogP contribution is 2.18. The summed E-state index contributed by atoms with van der Waals surface area (Å²) in [4.78, 5) is 21.8. The van der Waals surface area contributed by atoms with E-state index >= 15 is 0 Å². The third-order valence-corrected chi connectivity index (χ3v) is 3.61. The van der Waals surface area contributed by atoms with Gasteiger partial charge in [0.25, 0.3) is 16.0 Å². The minimum Gasteiger partial charge on any atom is -0.294 e. The molecule has 1 N–H and O–H groups in total. The van der Waals surface area contributed by atoms with Gasteiger partial charge < -0.3 is 0 Å². The summed E-state index contributed by atoms with van der Waals surface area (Å²) in [6, 6.07) is 3.94. The van der Waals surface area contributed by atoms with Crippen molar-refractivity contribution in [3.8, 4) is 0 Å². The molecule has 1 aromatic rings. The van der Waals surface area contributed by atoms with Crippen LogP contribution in [0.25, 0.3) is 0 Å². The molecule has 0 spiro atoms. The summed E-state index contributed by atoms with van der Waals surface area (Å²) in [5, 5.41) is 1.92. The topological polar surface area (TPSA) is 89.5 Å². The maximum atomic E-state index is 12.6. The predicted molar refractivity (Wildman–Crippen MR) is 56.2 cm³/mol. The SMILES string of the molecule is O=C1CC(OS(=O)(=O)c2ccc(F)cc2)C(=O)N1. The van der Waals surface area contributed by atoms with E-state index in [2.05, 4.69) is 4.18 Å². The maximum absolute atomic E-state index is 12.6. The predicted octanol–water partition coefficient (Wildman–Crippen LogP) is -0.0539. The summed E-state index contributed by atoms with van der Waals surface area (Å²) >= 11 is 0. The Labute approximate surface area is 102 Å². The fraction of sp³-hybridized carbons (Fsp3) is 0.200. The maximum Gasteiger partial charge on any atom is 0.297 e. The van der Waals surface area contributed by atoms with Crippen LogP contribution in [0.1, 0.15) is 6.42 Å². The van der Waals surface area contributed by atoms with Crippen LogP contribution < -0.4 is 5.32 Å². The minimum absolute atomic E-state index is 0.281. The third kappa shape index (κ3) is 2.54. The molecule has 2 rings (SSSR count). The fourth-order valence-corrected chi connectivity index (χ4v) is 2.46. The van der Waals surface area contributed by atoms with Gasteiger partial charge in [0.15, 0.2) is 6.10 Å². The van der Waals surface area contributed by atoms with E-state index in [0.717, 1.165) is 24.3 Å². The quantitative estimate of drug-likeness (QED) is 0.616. The Bertz CT molecular complexity index is 595. The normalized spacial score (nSPS) is 19.9. The van der Waals surface area contributed by atoms with Crippen LogP contribution in [-0.2, 0) is 23.9 Å². The van der Waals surface area contributed by atoms with Crippen molar-refractivity contribution in [2.75, 3.05) is 0 Å². The summed E-state index contributed by atoms with van der Waals surface area (Å²) in [7, 11) is -4.20. The number of amides is 2. The van der Waals surface area contributed by atoms with Crippen molar-refractivity contribution in [2.45, 2.75) is 17.4 Å². The van der Waals surface area contributed by atoms with Gasteiger partial charge in [-0.3, -0.25) is 19.1 Å². The van der Waals surface area contributed by atoms with Crippen LogP contribution in [0.2, 0.25) is 0 Å². The molecule has 0 aromatic heterocycles. The van der Waals surface area contributed by atoms with E-state index in [1.165, 1.54) is 0 Å². The molecule has 1 heterocycles. The molecule has 0 saturated carbocycles. The van der Waals surface area contributed by atoms with Crippen LogP contribution in [0, 0.1) is 5.82 Å². The van der Waals surface area contributed by atoms with Crippen molar-refractivity contribution in [2.24, 2.45) is 0 Å². The molecule has 0 radical (unpaired) electrons. The second kappa shape index (κ2) is 4.46. The second-order valence-electron chi connectivity index (χ2n) is 3.61. The lowest BCUT2D eigenvalue weighted by Crippen LogP contribution is -2.28. The van der Waals surface area contributed by atoms with Gasteiger partial charge in [0.2, 0.25) is 5.91 Å². The lowest BCUT2D eigenvalue weighted by atomic mass is 10.3. The Morgan fingerprint density at radius 2 is 1.83 bits per heavy atom. The summed E-state index contributed by atoms with van der Waals surface area (Å²) < 4.78 is 40.7. The molecule has 1 aliphatic heterocycles. The lowest BCUT2D eigenvalue weighted by molar-refractivity contribution is -0.126. The van der Waals surface area contributed by atoms with Crippen molar-refractivity contribution in [1.29, 1.82) is 0 Å². The van der Waals surface area contributed by atoms with Gasteiger partial charge in [0.1, 0.15) is 5.82 Å². The zero-order valence-electron chi connectivity index (χ0n) is 8.92. The van der Waals surface area contributed by atoms with Crippen molar-refractivity contribution in [3.05, 3.63) is 30.1 Å². The van der Waals surface area contributed by atoms with Gasteiger partial charge in [-0.05, 0) is 24.3 Å². The molecule has 1 unspecified atom stereocenters. The van der Waals surface area contributed by atoms with Crippen LogP contribution in [-0.4, -0.2) is 26.3 Å². The molecule has 2 amide bonds. The summed E-state index contributed by atoms with van der Waals surface area (Å²) in [6.45, 7) is 0. The largest absolute Gasteiger partial charge is 0.297 e. The zero-order chi connectivity index (χ0) is 13.3. The van der Waals surface area contributed by atoms with Crippen LogP contribution >= 0.6 is 0 Å². The molecule has 0 aliphatic carbocycles. The molecule has 1 atom stereocenters. The Morgan fingerprint density at radius 1 is 1.22 bits per heavy atom. The average Bonchev–Trinajstić information content (AvgIpc) is 2.57. The smallest absolute Gasteiger partial charge is 0.294 e. The van der Waals surface area contributed by atoms with Gasteiger partial charge in [0.05, 0.1) is 11.3 Å². The number of rotatable bonds is 3. The Hall–Kier alpha value is -1.80. The van der Waals surface area contributed by atoms with Crippen LogP contribution in [0.15, 0.2) is 29.2 Å². The first-order valence-corrected chi connectivity index (χ1v) is 6.32. The Morgan fingerprint density at radius 3 is 2.33 bits per heavy atom. The lowest BCUT2D eigenvalue weighted by Gasteiger charge is -2.08. The van der Waals surface area contributed by atoms with Crippen LogP contribution in [0.3, 0.4) is 0 Å². The van der Waals surface area contributed by atoms with Crippen LogP contribution in [0.4, 0.5) is 4.39 Å². The van der Waals surface area contributed by atoms with E-state index in [4.69, 9.17) is 0 Å². The molecule has 0 bridgehead atoms. The van der Waals surface area contributed by atoms with E-state index in [0.29, 0.717) is 0 Å². The molecular weight excluding hydrogens is 265 g/mol. The van der Waals surface area contributed by atoms with Gasteiger partial charge in [-0.2, -0.15) is 8.42 Å². The van der Waals surface area contributed by atoms with Crippen molar-refractivity contribution >= 4 is 21.9 Å². The number of hydrogen-bond donors (Lipinski definition) is 1. The summed E-state index contributed by atoms with van der Waals surface area (Å²) in [6.07, 6.45) is -1.72. The molecule has 18 heavy (non-hydrogen) atoms. The van der Waals surface area contributed by atoms with E-state index in [1.54, 1.807) is 0 Å². The average molecular weight is 273 g/mol. The number of carbonyl (C=O) groups is 2. The van der Waals surface area contributed by atoms with E-state index in [-0.39, 0.29) is 11.3 Å². The number of halogens is 1. The van der Waals surface area contributed by atoms with Gasteiger partial charge in [-0.15, -0.1) is 0 Å². The van der Waals surface area contributed by atoms with E-state index in [1.807, 2.05) is 5.32 Å². The van der Waals surface area contributed by atoms with Crippen molar-refractivity contribution < 1.29 is 26.6 Å². The molecular formula is C10H8FNO5S. The van der Waals surface area contributed by atoms with Crippen molar-refractivity contribution in [1.82, 2.24) is 5.32 Å². The number of hydrogen-bond acceptors (Lipinski definition) is 5. The van der Waals surface area contributed by atoms with E-state index in [9.17, 15) is 22.4 Å². The fourth-order valence-electron chi connectivity index (χ4n) is 1.42. The summed E-state index contributed by atoms with van der Waals surface area (Å²) in [5.41, 5.74) is 0. The third-order valence-electron chi connectivity index (χ3n) is 2.27. The van der Waals surface area contributed by atoms with E-state index < -0.39 is 33.9 Å². The highest BCUT2D eigenvalue weighted by atomic mass is 32.2. The molecule has 1 saturated heterocycles. The van der Waals surface area contributed by atoms with Crippen molar-refractivity contribution in [3.63, 3.8) is 0 Å². The molecule has 96 valence electrons. The number of nitrogens with one attached hydrogen (secondary N) is 1. The molecule has 6 nitrogen and oxygen atoms in total. The standard InChI is InChI=1S/C10H8FNO5S/c11-6-1-3-7(4-2-6)18(15,16)17-8-5-9(13)12-10(8)14/h1-4,8H,5H2,(H,12,13,14). The molecule has 8 heteroatoms. The molecule has 1 aromatic carbocycles.